The van der Waals surface area contributed by atoms with Crippen molar-refractivity contribution in [2.45, 2.75) is 25.9 Å². The average Bonchev–Trinajstić information content (AvgIpc) is 2.39. The molecule has 0 aliphatic heterocycles. The van der Waals surface area contributed by atoms with Crippen molar-refractivity contribution in [2.24, 2.45) is 0 Å². The summed E-state index contributed by atoms with van der Waals surface area (Å²) in [5, 5.41) is 10.5. The lowest BCUT2D eigenvalue weighted by Crippen LogP contribution is -2.24. The second-order valence-electron chi connectivity index (χ2n) is 4.48. The Labute approximate surface area is 106 Å². The van der Waals surface area contributed by atoms with E-state index in [0.717, 1.165) is 18.2 Å². The number of pyridine rings is 1. The third-order valence-corrected chi connectivity index (χ3v) is 3.15. The summed E-state index contributed by atoms with van der Waals surface area (Å²) in [5.74, 6) is -0.407. The van der Waals surface area contributed by atoms with Crippen LogP contribution in [-0.4, -0.2) is 10.1 Å². The Kier molecular flexibility index (Phi) is 3.43. The molecule has 0 radical (unpaired) electrons. The minimum atomic E-state index is -1.21. The molecule has 1 aromatic heterocycles. The van der Waals surface area contributed by atoms with Gasteiger partial charge >= 0.3 is 0 Å². The number of hydrogen-bond donors (Lipinski definition) is 1. The van der Waals surface area contributed by atoms with Crippen LogP contribution >= 0.6 is 0 Å². The van der Waals surface area contributed by atoms with E-state index >= 15 is 0 Å². The molecule has 0 aliphatic rings. The van der Waals surface area contributed by atoms with E-state index in [1.807, 2.05) is 24.3 Å². The third kappa shape index (κ3) is 2.41. The van der Waals surface area contributed by atoms with Crippen LogP contribution in [0.4, 0.5) is 4.39 Å². The van der Waals surface area contributed by atoms with Crippen molar-refractivity contribution >= 4 is 0 Å². The molecule has 1 atom stereocenters. The summed E-state index contributed by atoms with van der Waals surface area (Å²) in [7, 11) is 0. The lowest BCUT2D eigenvalue weighted by molar-refractivity contribution is 0.0972. The Morgan fingerprint density at radius 1 is 1.17 bits per heavy atom. The molecule has 3 heteroatoms. The lowest BCUT2D eigenvalue weighted by Gasteiger charge is -2.23. The summed E-state index contributed by atoms with van der Waals surface area (Å²) in [6.07, 6.45) is 2.07. The number of aliphatic hydroxyl groups is 1. The molecule has 0 aliphatic carbocycles. The van der Waals surface area contributed by atoms with Crippen molar-refractivity contribution in [1.82, 2.24) is 4.98 Å². The van der Waals surface area contributed by atoms with Gasteiger partial charge in [-0.3, -0.25) is 4.98 Å². The Morgan fingerprint density at radius 3 is 2.33 bits per heavy atom. The molecule has 94 valence electrons. The van der Waals surface area contributed by atoms with Gasteiger partial charge in [0.05, 0.1) is 11.9 Å². The largest absolute Gasteiger partial charge is 0.379 e. The Morgan fingerprint density at radius 2 is 1.83 bits per heavy atom. The zero-order chi connectivity index (χ0) is 13.2. The summed E-state index contributed by atoms with van der Waals surface area (Å²) in [6.45, 7) is 3.74. The molecule has 0 amide bonds. The van der Waals surface area contributed by atoms with E-state index in [1.165, 1.54) is 17.7 Å². The van der Waals surface area contributed by atoms with Crippen molar-refractivity contribution in [3.05, 3.63) is 65.2 Å². The van der Waals surface area contributed by atoms with Crippen molar-refractivity contribution < 1.29 is 9.50 Å². The van der Waals surface area contributed by atoms with Gasteiger partial charge in [0.1, 0.15) is 11.4 Å². The summed E-state index contributed by atoms with van der Waals surface area (Å²) in [4.78, 5) is 3.94. The van der Waals surface area contributed by atoms with E-state index < -0.39 is 11.4 Å². The molecule has 0 spiro atoms. The van der Waals surface area contributed by atoms with Gasteiger partial charge in [-0.1, -0.05) is 31.2 Å². The summed E-state index contributed by atoms with van der Waals surface area (Å²) in [5.41, 5.74) is 1.19. The van der Waals surface area contributed by atoms with Crippen LogP contribution in [0.5, 0.6) is 0 Å². The van der Waals surface area contributed by atoms with Gasteiger partial charge in [-0.2, -0.15) is 0 Å². The molecule has 18 heavy (non-hydrogen) atoms. The first kappa shape index (κ1) is 12.7. The SMILES string of the molecule is CCc1ccc(C(C)(O)c2ccc(F)cn2)cc1. The van der Waals surface area contributed by atoms with Crippen molar-refractivity contribution in [3.63, 3.8) is 0 Å². The summed E-state index contributed by atoms with van der Waals surface area (Å²) < 4.78 is 12.8. The van der Waals surface area contributed by atoms with Crippen LogP contribution in [0, 0.1) is 5.82 Å². The number of aryl methyl sites for hydroxylation is 1. The fraction of sp³-hybridized carbons (Fsp3) is 0.267. The topological polar surface area (TPSA) is 33.1 Å². The third-order valence-electron chi connectivity index (χ3n) is 3.15. The highest BCUT2D eigenvalue weighted by Crippen LogP contribution is 2.27. The molecular weight excluding hydrogens is 229 g/mol. The van der Waals surface area contributed by atoms with E-state index in [4.69, 9.17) is 0 Å². The molecule has 2 nitrogen and oxygen atoms in total. The van der Waals surface area contributed by atoms with Gasteiger partial charge in [-0.05, 0) is 36.6 Å². The van der Waals surface area contributed by atoms with E-state index in [9.17, 15) is 9.50 Å². The zero-order valence-corrected chi connectivity index (χ0v) is 10.5. The van der Waals surface area contributed by atoms with Crippen LogP contribution in [0.25, 0.3) is 0 Å². The number of aromatic nitrogens is 1. The molecule has 1 aromatic carbocycles. The van der Waals surface area contributed by atoms with Crippen molar-refractivity contribution in [2.75, 3.05) is 0 Å². The first-order valence-electron chi connectivity index (χ1n) is 5.98. The van der Waals surface area contributed by atoms with Gasteiger partial charge in [0.2, 0.25) is 0 Å². The van der Waals surface area contributed by atoms with E-state index in [0.29, 0.717) is 5.69 Å². The van der Waals surface area contributed by atoms with Gasteiger partial charge in [0.15, 0.2) is 0 Å². The summed E-state index contributed by atoms with van der Waals surface area (Å²) in [6, 6.07) is 10.5. The van der Waals surface area contributed by atoms with E-state index in [1.54, 1.807) is 6.92 Å². The molecule has 2 rings (SSSR count). The highest BCUT2D eigenvalue weighted by molar-refractivity contribution is 5.33. The maximum atomic E-state index is 12.8. The van der Waals surface area contributed by atoms with Gasteiger partial charge in [0, 0.05) is 0 Å². The van der Waals surface area contributed by atoms with Crippen LogP contribution in [0.1, 0.15) is 30.7 Å². The molecule has 2 aromatic rings. The Bertz CT molecular complexity index is 517. The molecule has 1 unspecified atom stereocenters. The fourth-order valence-electron chi connectivity index (χ4n) is 1.88. The maximum Gasteiger partial charge on any atom is 0.141 e. The number of nitrogens with zero attached hydrogens (tertiary/aromatic N) is 1. The predicted molar refractivity (Wildman–Crippen MR) is 68.7 cm³/mol. The molecule has 0 fully saturated rings. The fourth-order valence-corrected chi connectivity index (χ4v) is 1.88. The van der Waals surface area contributed by atoms with Crippen LogP contribution in [-0.2, 0) is 12.0 Å². The van der Waals surface area contributed by atoms with Crippen LogP contribution < -0.4 is 0 Å². The first-order chi connectivity index (χ1) is 8.54. The monoisotopic (exact) mass is 245 g/mol. The van der Waals surface area contributed by atoms with Crippen LogP contribution in [0.2, 0.25) is 0 Å². The first-order valence-corrected chi connectivity index (χ1v) is 5.98. The van der Waals surface area contributed by atoms with Gasteiger partial charge < -0.3 is 5.11 Å². The molecule has 1 heterocycles. The molecule has 1 N–H and O–H groups in total. The molecule has 0 bridgehead atoms. The van der Waals surface area contributed by atoms with Crippen LogP contribution in [0.15, 0.2) is 42.6 Å². The number of benzene rings is 1. The van der Waals surface area contributed by atoms with Gasteiger partial charge in [-0.15, -0.1) is 0 Å². The lowest BCUT2D eigenvalue weighted by atomic mass is 9.91. The van der Waals surface area contributed by atoms with Crippen molar-refractivity contribution in [3.8, 4) is 0 Å². The maximum absolute atomic E-state index is 12.8. The smallest absolute Gasteiger partial charge is 0.141 e. The molecular formula is C15H16FNO. The number of rotatable bonds is 3. The molecule has 0 saturated carbocycles. The second kappa shape index (κ2) is 4.86. The number of halogens is 1. The minimum Gasteiger partial charge on any atom is -0.379 e. The molecule has 0 saturated heterocycles. The van der Waals surface area contributed by atoms with Crippen molar-refractivity contribution in [1.29, 1.82) is 0 Å². The van der Waals surface area contributed by atoms with Gasteiger partial charge in [-0.25, -0.2) is 4.39 Å². The Balaban J connectivity index is 2.37. The zero-order valence-electron chi connectivity index (χ0n) is 10.5. The normalized spacial score (nSPS) is 14.2. The predicted octanol–water partition coefficient (Wildman–Crippen LogP) is 3.04. The Hall–Kier alpha value is -1.74. The highest BCUT2D eigenvalue weighted by atomic mass is 19.1. The van der Waals surface area contributed by atoms with Crippen LogP contribution in [0.3, 0.4) is 0 Å². The standard InChI is InChI=1S/C15H16FNO/c1-3-11-4-6-12(7-5-11)15(2,18)14-9-8-13(16)10-17-14/h4-10,18H,3H2,1-2H3. The summed E-state index contributed by atoms with van der Waals surface area (Å²) >= 11 is 0. The van der Waals surface area contributed by atoms with E-state index in [2.05, 4.69) is 11.9 Å². The highest BCUT2D eigenvalue weighted by Gasteiger charge is 2.26. The minimum absolute atomic E-state index is 0.407. The quantitative estimate of drug-likeness (QED) is 0.901. The number of hydrogen-bond acceptors (Lipinski definition) is 2. The van der Waals surface area contributed by atoms with E-state index in [-0.39, 0.29) is 0 Å². The second-order valence-corrected chi connectivity index (χ2v) is 4.48. The van der Waals surface area contributed by atoms with Gasteiger partial charge in [0.25, 0.3) is 0 Å². The average molecular weight is 245 g/mol.